The number of aryl methyl sites for hydroxylation is 1. The van der Waals surface area contributed by atoms with Crippen LogP contribution in [0.2, 0.25) is 5.02 Å². The maximum Gasteiger partial charge on any atom is 0.0408 e. The Balaban J connectivity index is 1.91. The van der Waals surface area contributed by atoms with Crippen molar-refractivity contribution in [3.63, 3.8) is 0 Å². The summed E-state index contributed by atoms with van der Waals surface area (Å²) in [5.41, 5.74) is 1.33. The van der Waals surface area contributed by atoms with Gasteiger partial charge in [-0.15, -0.1) is 11.3 Å². The Bertz CT molecular complexity index is 481. The first-order valence-corrected chi connectivity index (χ1v) is 7.95. The highest BCUT2D eigenvalue weighted by atomic mass is 35.5. The first kappa shape index (κ1) is 14.6. The van der Waals surface area contributed by atoms with Crippen molar-refractivity contribution in [1.82, 2.24) is 5.32 Å². The van der Waals surface area contributed by atoms with Crippen molar-refractivity contribution < 1.29 is 0 Å². The summed E-state index contributed by atoms with van der Waals surface area (Å²) >= 11 is 7.90. The minimum atomic E-state index is 0.658. The third kappa shape index (κ3) is 4.98. The van der Waals surface area contributed by atoms with Crippen LogP contribution in [0.1, 0.15) is 16.9 Å². The average molecular weight is 294 g/mol. The second kappa shape index (κ2) is 7.68. The van der Waals surface area contributed by atoms with E-state index in [0.717, 1.165) is 18.0 Å². The van der Waals surface area contributed by atoms with Gasteiger partial charge in [-0.25, -0.2) is 0 Å². The highest BCUT2D eigenvalue weighted by Gasteiger charge is 2.10. The van der Waals surface area contributed by atoms with E-state index in [2.05, 4.69) is 35.0 Å². The topological polar surface area (TPSA) is 12.0 Å². The molecule has 1 nitrogen and oxygen atoms in total. The van der Waals surface area contributed by atoms with Gasteiger partial charge in [-0.05, 0) is 67.9 Å². The van der Waals surface area contributed by atoms with Crippen molar-refractivity contribution in [2.24, 2.45) is 5.92 Å². The number of rotatable bonds is 7. The lowest BCUT2D eigenvalue weighted by Gasteiger charge is -2.16. The van der Waals surface area contributed by atoms with Gasteiger partial charge in [0, 0.05) is 9.90 Å². The fraction of sp³-hybridized carbons (Fsp3) is 0.375. The molecule has 0 aliphatic carbocycles. The Morgan fingerprint density at radius 3 is 2.84 bits per heavy atom. The molecular weight excluding hydrogens is 274 g/mol. The van der Waals surface area contributed by atoms with E-state index in [-0.39, 0.29) is 0 Å². The van der Waals surface area contributed by atoms with Gasteiger partial charge in [-0.1, -0.05) is 29.8 Å². The Labute approximate surface area is 124 Å². The molecule has 19 heavy (non-hydrogen) atoms. The molecule has 2 aromatic rings. The Kier molecular flexibility index (Phi) is 5.90. The molecule has 0 bridgehead atoms. The molecule has 1 aromatic carbocycles. The molecule has 0 aliphatic rings. The maximum atomic E-state index is 6.05. The number of benzene rings is 1. The number of halogens is 1. The summed E-state index contributed by atoms with van der Waals surface area (Å²) in [6.45, 7) is 1.05. The van der Waals surface area contributed by atoms with Gasteiger partial charge in [0.2, 0.25) is 0 Å². The van der Waals surface area contributed by atoms with E-state index in [9.17, 15) is 0 Å². The predicted molar refractivity (Wildman–Crippen MR) is 85.2 cm³/mol. The van der Waals surface area contributed by atoms with Crippen LogP contribution in [-0.2, 0) is 12.8 Å². The molecule has 0 saturated carbocycles. The van der Waals surface area contributed by atoms with E-state index in [4.69, 9.17) is 11.6 Å². The highest BCUT2D eigenvalue weighted by molar-refractivity contribution is 7.09. The molecule has 3 heteroatoms. The zero-order valence-corrected chi connectivity index (χ0v) is 12.8. The molecular formula is C16H20ClNS. The smallest absolute Gasteiger partial charge is 0.0408 e. The van der Waals surface area contributed by atoms with Gasteiger partial charge >= 0.3 is 0 Å². The van der Waals surface area contributed by atoms with Crippen LogP contribution < -0.4 is 5.32 Å². The van der Waals surface area contributed by atoms with E-state index >= 15 is 0 Å². The molecule has 1 atom stereocenters. The Hall–Kier alpha value is -0.830. The van der Waals surface area contributed by atoms with Crippen molar-refractivity contribution in [1.29, 1.82) is 0 Å². The summed E-state index contributed by atoms with van der Waals surface area (Å²) in [5.74, 6) is 0.658. The molecule has 0 aliphatic heterocycles. The summed E-state index contributed by atoms with van der Waals surface area (Å²) in [6, 6.07) is 12.6. The van der Waals surface area contributed by atoms with E-state index in [1.54, 1.807) is 0 Å². The number of thiophene rings is 1. The molecule has 102 valence electrons. The van der Waals surface area contributed by atoms with Crippen LogP contribution >= 0.6 is 22.9 Å². The minimum absolute atomic E-state index is 0.658. The van der Waals surface area contributed by atoms with Gasteiger partial charge in [-0.2, -0.15) is 0 Å². The van der Waals surface area contributed by atoms with Crippen LogP contribution in [0.3, 0.4) is 0 Å². The summed E-state index contributed by atoms with van der Waals surface area (Å²) in [4.78, 5) is 1.48. The summed E-state index contributed by atoms with van der Waals surface area (Å²) in [6.07, 6.45) is 3.48. The van der Waals surface area contributed by atoms with Gasteiger partial charge < -0.3 is 5.32 Å². The third-order valence-corrected chi connectivity index (χ3v) is 4.46. The number of nitrogens with one attached hydrogen (secondary N) is 1. The number of hydrogen-bond donors (Lipinski definition) is 1. The van der Waals surface area contributed by atoms with Crippen LogP contribution in [0, 0.1) is 5.92 Å². The second-order valence-corrected chi connectivity index (χ2v) is 6.34. The molecule has 0 spiro atoms. The van der Waals surface area contributed by atoms with Crippen molar-refractivity contribution in [3.05, 3.63) is 57.2 Å². The molecule has 0 fully saturated rings. The summed E-state index contributed by atoms with van der Waals surface area (Å²) < 4.78 is 0. The zero-order valence-electron chi connectivity index (χ0n) is 11.2. The normalized spacial score (nSPS) is 12.5. The monoisotopic (exact) mass is 293 g/mol. The van der Waals surface area contributed by atoms with Crippen molar-refractivity contribution >= 4 is 22.9 Å². The van der Waals surface area contributed by atoms with Crippen molar-refractivity contribution in [2.45, 2.75) is 19.3 Å². The molecule has 0 radical (unpaired) electrons. The number of hydrogen-bond acceptors (Lipinski definition) is 2. The zero-order chi connectivity index (χ0) is 13.5. The quantitative estimate of drug-likeness (QED) is 0.797. The largest absolute Gasteiger partial charge is 0.319 e. The molecule has 1 unspecified atom stereocenters. The Morgan fingerprint density at radius 1 is 1.26 bits per heavy atom. The first-order chi connectivity index (χ1) is 9.28. The lowest BCUT2D eigenvalue weighted by molar-refractivity contribution is 0.462. The van der Waals surface area contributed by atoms with Gasteiger partial charge in [0.15, 0.2) is 0 Å². The van der Waals surface area contributed by atoms with Gasteiger partial charge in [0.1, 0.15) is 0 Å². The van der Waals surface area contributed by atoms with Crippen LogP contribution in [-0.4, -0.2) is 13.6 Å². The van der Waals surface area contributed by atoms with Gasteiger partial charge in [-0.3, -0.25) is 0 Å². The Morgan fingerprint density at radius 2 is 2.16 bits per heavy atom. The van der Waals surface area contributed by atoms with E-state index in [0.29, 0.717) is 5.92 Å². The molecule has 1 aromatic heterocycles. The minimum Gasteiger partial charge on any atom is -0.319 e. The van der Waals surface area contributed by atoms with E-state index < -0.39 is 0 Å². The van der Waals surface area contributed by atoms with E-state index in [1.807, 2.05) is 30.5 Å². The first-order valence-electron chi connectivity index (χ1n) is 6.69. The molecule has 1 heterocycles. The molecule has 2 rings (SSSR count). The van der Waals surface area contributed by atoms with Crippen LogP contribution in [0.5, 0.6) is 0 Å². The standard InChI is InChI=1S/C16H20ClNS/c1-18-12-14(7-8-16-6-3-9-19-16)10-13-4-2-5-15(17)11-13/h2-6,9,11,14,18H,7-8,10,12H2,1H3. The lowest BCUT2D eigenvalue weighted by atomic mass is 9.94. The lowest BCUT2D eigenvalue weighted by Crippen LogP contribution is -2.21. The summed E-state index contributed by atoms with van der Waals surface area (Å²) in [7, 11) is 2.02. The fourth-order valence-electron chi connectivity index (χ4n) is 2.36. The summed E-state index contributed by atoms with van der Waals surface area (Å²) in [5, 5.41) is 6.29. The van der Waals surface area contributed by atoms with Crippen LogP contribution in [0.15, 0.2) is 41.8 Å². The fourth-order valence-corrected chi connectivity index (χ4v) is 3.30. The third-order valence-electron chi connectivity index (χ3n) is 3.29. The van der Waals surface area contributed by atoms with Crippen molar-refractivity contribution in [2.75, 3.05) is 13.6 Å². The molecule has 0 saturated heterocycles. The van der Waals surface area contributed by atoms with E-state index in [1.165, 1.54) is 23.3 Å². The van der Waals surface area contributed by atoms with Crippen molar-refractivity contribution in [3.8, 4) is 0 Å². The van der Waals surface area contributed by atoms with Crippen LogP contribution in [0.25, 0.3) is 0 Å². The molecule has 1 N–H and O–H groups in total. The highest BCUT2D eigenvalue weighted by Crippen LogP contribution is 2.19. The maximum absolute atomic E-state index is 6.05. The second-order valence-electron chi connectivity index (χ2n) is 4.88. The predicted octanol–water partition coefficient (Wildman–Crippen LogP) is 4.41. The molecule has 0 amide bonds. The van der Waals surface area contributed by atoms with Crippen LogP contribution in [0.4, 0.5) is 0 Å². The average Bonchev–Trinajstić information content (AvgIpc) is 2.89. The van der Waals surface area contributed by atoms with Gasteiger partial charge in [0.25, 0.3) is 0 Å². The SMILES string of the molecule is CNCC(CCc1cccs1)Cc1cccc(Cl)c1. The van der Waals surface area contributed by atoms with Gasteiger partial charge in [0.05, 0.1) is 0 Å².